The van der Waals surface area contributed by atoms with Crippen LogP contribution in [0, 0.1) is 0 Å². The summed E-state index contributed by atoms with van der Waals surface area (Å²) in [5.74, 6) is 0.341. The van der Waals surface area contributed by atoms with Gasteiger partial charge in [-0.1, -0.05) is 44.0 Å². The van der Waals surface area contributed by atoms with Crippen molar-refractivity contribution in [3.8, 4) is 0 Å². The lowest BCUT2D eigenvalue weighted by atomic mass is 9.94. The largest absolute Gasteiger partial charge is 0.311 e. The Bertz CT molecular complexity index is 350. The fourth-order valence-electron chi connectivity index (χ4n) is 1.80. The van der Waals surface area contributed by atoms with Crippen molar-refractivity contribution in [2.75, 3.05) is 0 Å². The molecule has 3 heteroatoms. The summed E-state index contributed by atoms with van der Waals surface area (Å²) >= 11 is 12.2. The van der Waals surface area contributed by atoms with Crippen molar-refractivity contribution in [2.24, 2.45) is 0 Å². The van der Waals surface area contributed by atoms with Gasteiger partial charge in [0.1, 0.15) is 0 Å². The van der Waals surface area contributed by atoms with E-state index in [1.807, 2.05) is 18.2 Å². The minimum absolute atomic E-state index is 0.341. The van der Waals surface area contributed by atoms with Gasteiger partial charge in [-0.2, -0.15) is 0 Å². The van der Waals surface area contributed by atoms with Crippen LogP contribution >= 0.6 is 23.2 Å². The van der Waals surface area contributed by atoms with E-state index in [1.165, 1.54) is 0 Å². The third-order valence-electron chi connectivity index (χ3n) is 2.79. The van der Waals surface area contributed by atoms with Crippen LogP contribution in [0.4, 0.5) is 0 Å². The zero-order valence-electron chi connectivity index (χ0n) is 10.2. The smallest absolute Gasteiger partial charge is 0.0442 e. The van der Waals surface area contributed by atoms with Gasteiger partial charge >= 0.3 is 0 Å². The van der Waals surface area contributed by atoms with Crippen LogP contribution in [0.1, 0.15) is 39.2 Å². The second-order valence-corrected chi connectivity index (χ2v) is 5.41. The molecule has 0 aromatic heterocycles. The van der Waals surface area contributed by atoms with E-state index in [-0.39, 0.29) is 0 Å². The molecule has 1 rings (SSSR count). The molecule has 0 saturated heterocycles. The second kappa shape index (κ2) is 5.90. The van der Waals surface area contributed by atoms with E-state index >= 15 is 0 Å². The van der Waals surface area contributed by atoms with Crippen LogP contribution in [0.2, 0.25) is 10.0 Å². The number of rotatable bonds is 4. The van der Waals surface area contributed by atoms with Crippen molar-refractivity contribution >= 4 is 23.2 Å². The van der Waals surface area contributed by atoms with Crippen molar-refractivity contribution < 1.29 is 0 Å². The van der Waals surface area contributed by atoms with E-state index in [0.29, 0.717) is 18.0 Å². The molecule has 1 aromatic carbocycles. The third kappa shape index (κ3) is 3.65. The average molecular weight is 260 g/mol. The van der Waals surface area contributed by atoms with Crippen molar-refractivity contribution in [3.63, 3.8) is 0 Å². The summed E-state index contributed by atoms with van der Waals surface area (Å²) in [6, 6.07) is 6.47. The molecule has 1 N–H and O–H groups in total. The first-order valence-corrected chi connectivity index (χ1v) is 6.38. The predicted molar refractivity (Wildman–Crippen MR) is 72.6 cm³/mol. The Kier molecular flexibility index (Phi) is 5.10. The fourth-order valence-corrected chi connectivity index (χ4v) is 2.27. The molecular weight excluding hydrogens is 241 g/mol. The average Bonchev–Trinajstić information content (AvgIpc) is 2.19. The van der Waals surface area contributed by atoms with Crippen molar-refractivity contribution in [3.05, 3.63) is 33.8 Å². The fraction of sp³-hybridized carbons (Fsp3) is 0.538. The van der Waals surface area contributed by atoms with Gasteiger partial charge in [0.15, 0.2) is 0 Å². The number of hydrogen-bond acceptors (Lipinski definition) is 1. The molecule has 0 radical (unpaired) electrons. The molecule has 0 spiro atoms. The van der Waals surface area contributed by atoms with Gasteiger partial charge < -0.3 is 5.32 Å². The standard InChI is InChI=1S/C13H19Cl2N/c1-8(2)16-10(4)9(3)12-7-11(14)5-6-13(12)15/h5-10,16H,1-4H3. The minimum Gasteiger partial charge on any atom is -0.311 e. The molecule has 0 aliphatic carbocycles. The van der Waals surface area contributed by atoms with Gasteiger partial charge in [-0.3, -0.25) is 0 Å². The van der Waals surface area contributed by atoms with Gasteiger partial charge in [0, 0.05) is 22.1 Å². The highest BCUT2D eigenvalue weighted by molar-refractivity contribution is 6.33. The van der Waals surface area contributed by atoms with Gasteiger partial charge in [0.2, 0.25) is 0 Å². The normalized spacial score (nSPS) is 15.2. The lowest BCUT2D eigenvalue weighted by molar-refractivity contribution is 0.440. The van der Waals surface area contributed by atoms with Crippen molar-refractivity contribution in [1.82, 2.24) is 5.32 Å². The first kappa shape index (κ1) is 13.8. The summed E-state index contributed by atoms with van der Waals surface area (Å²) < 4.78 is 0. The molecule has 1 aromatic rings. The van der Waals surface area contributed by atoms with Crippen LogP contribution in [0.3, 0.4) is 0 Å². The Balaban J connectivity index is 2.86. The quantitative estimate of drug-likeness (QED) is 0.841. The van der Waals surface area contributed by atoms with E-state index in [4.69, 9.17) is 23.2 Å². The van der Waals surface area contributed by atoms with E-state index in [0.717, 1.165) is 15.6 Å². The summed E-state index contributed by atoms with van der Waals surface area (Å²) in [6.07, 6.45) is 0. The molecule has 0 aliphatic rings. The molecule has 0 fully saturated rings. The van der Waals surface area contributed by atoms with E-state index in [1.54, 1.807) is 0 Å². The first-order chi connectivity index (χ1) is 7.41. The van der Waals surface area contributed by atoms with Gasteiger partial charge in [-0.25, -0.2) is 0 Å². The maximum atomic E-state index is 6.19. The monoisotopic (exact) mass is 259 g/mol. The number of halogens is 2. The molecule has 2 atom stereocenters. The molecule has 0 saturated carbocycles. The Hall–Kier alpha value is -0.240. The molecule has 2 unspecified atom stereocenters. The molecule has 0 aliphatic heterocycles. The van der Waals surface area contributed by atoms with Crippen molar-refractivity contribution in [1.29, 1.82) is 0 Å². The Morgan fingerprint density at radius 3 is 2.25 bits per heavy atom. The first-order valence-electron chi connectivity index (χ1n) is 5.62. The maximum absolute atomic E-state index is 6.19. The summed E-state index contributed by atoms with van der Waals surface area (Å²) in [5, 5.41) is 5.01. The highest BCUT2D eigenvalue weighted by atomic mass is 35.5. The topological polar surface area (TPSA) is 12.0 Å². The molecular formula is C13H19Cl2N. The summed E-state index contributed by atoms with van der Waals surface area (Å²) in [7, 11) is 0. The number of hydrogen-bond donors (Lipinski definition) is 1. The lowest BCUT2D eigenvalue weighted by Gasteiger charge is -2.24. The molecule has 1 nitrogen and oxygen atoms in total. The van der Waals surface area contributed by atoms with Crippen LogP contribution in [0.5, 0.6) is 0 Å². The summed E-state index contributed by atoms with van der Waals surface area (Å²) in [4.78, 5) is 0. The van der Waals surface area contributed by atoms with Gasteiger partial charge in [0.05, 0.1) is 0 Å². The lowest BCUT2D eigenvalue weighted by Crippen LogP contribution is -2.36. The molecule has 0 heterocycles. The zero-order chi connectivity index (χ0) is 12.3. The van der Waals surface area contributed by atoms with E-state index in [9.17, 15) is 0 Å². The van der Waals surface area contributed by atoms with E-state index in [2.05, 4.69) is 33.0 Å². The third-order valence-corrected chi connectivity index (χ3v) is 3.37. The van der Waals surface area contributed by atoms with Gasteiger partial charge in [0.25, 0.3) is 0 Å². The number of nitrogens with one attached hydrogen (secondary N) is 1. The van der Waals surface area contributed by atoms with Crippen LogP contribution in [-0.4, -0.2) is 12.1 Å². The van der Waals surface area contributed by atoms with Gasteiger partial charge in [-0.05, 0) is 36.6 Å². The Morgan fingerprint density at radius 1 is 1.06 bits per heavy atom. The SMILES string of the molecule is CC(C)NC(C)C(C)c1cc(Cl)ccc1Cl. The Morgan fingerprint density at radius 2 is 1.69 bits per heavy atom. The zero-order valence-corrected chi connectivity index (χ0v) is 11.7. The minimum atomic E-state index is 0.341. The summed E-state index contributed by atoms with van der Waals surface area (Å²) in [6.45, 7) is 8.62. The van der Waals surface area contributed by atoms with Crippen LogP contribution in [-0.2, 0) is 0 Å². The second-order valence-electron chi connectivity index (χ2n) is 4.56. The molecule has 90 valence electrons. The molecule has 0 bridgehead atoms. The predicted octanol–water partition coefficient (Wildman–Crippen LogP) is 4.48. The number of benzene rings is 1. The van der Waals surface area contributed by atoms with Crippen LogP contribution in [0.15, 0.2) is 18.2 Å². The summed E-state index contributed by atoms with van der Waals surface area (Å²) in [5.41, 5.74) is 1.11. The highest BCUT2D eigenvalue weighted by Gasteiger charge is 2.17. The maximum Gasteiger partial charge on any atom is 0.0442 e. The molecule has 0 amide bonds. The van der Waals surface area contributed by atoms with Gasteiger partial charge in [-0.15, -0.1) is 0 Å². The van der Waals surface area contributed by atoms with E-state index < -0.39 is 0 Å². The van der Waals surface area contributed by atoms with Crippen LogP contribution in [0.25, 0.3) is 0 Å². The van der Waals surface area contributed by atoms with Crippen molar-refractivity contribution in [2.45, 2.75) is 45.7 Å². The Labute approximate surface area is 108 Å². The highest BCUT2D eigenvalue weighted by Crippen LogP contribution is 2.29. The van der Waals surface area contributed by atoms with Crippen LogP contribution < -0.4 is 5.32 Å². The molecule has 16 heavy (non-hydrogen) atoms.